The van der Waals surface area contributed by atoms with E-state index in [0.29, 0.717) is 6.54 Å². The van der Waals surface area contributed by atoms with Crippen molar-refractivity contribution in [2.45, 2.75) is 45.3 Å². The second kappa shape index (κ2) is 7.20. The van der Waals surface area contributed by atoms with Gasteiger partial charge in [0.25, 0.3) is 0 Å². The number of nitrogens with one attached hydrogen (secondary N) is 1. The van der Waals surface area contributed by atoms with E-state index in [-0.39, 0.29) is 12.1 Å². The van der Waals surface area contributed by atoms with Gasteiger partial charge >= 0.3 is 6.09 Å². The number of imidazole rings is 1. The zero-order valence-corrected chi connectivity index (χ0v) is 17.8. The zero-order valence-electron chi connectivity index (χ0n) is 16.2. The molecule has 0 unspecified atom stereocenters. The van der Waals surface area contributed by atoms with Crippen LogP contribution in [0.25, 0.3) is 22.2 Å². The van der Waals surface area contributed by atoms with Gasteiger partial charge in [0.15, 0.2) is 0 Å². The van der Waals surface area contributed by atoms with E-state index in [1.807, 2.05) is 51.4 Å². The molecule has 0 spiro atoms. The van der Waals surface area contributed by atoms with Crippen LogP contribution in [0.3, 0.4) is 0 Å². The number of hydrogen-bond donors (Lipinski definition) is 1. The summed E-state index contributed by atoms with van der Waals surface area (Å²) in [4.78, 5) is 26.8. The molecule has 146 valence electrons. The standard InChI is InChI=1S/C21H23BrN4O2/c1-21(2,3)28-20(27)26-8-4-5-18(26)19-24-12-17(25-19)14-9-13-6-7-15(22)10-16(13)23-11-14/h6-7,9-12,18H,4-5,8H2,1-3H3,(H,24,25)/t18-/m0/s1. The van der Waals surface area contributed by atoms with E-state index in [9.17, 15) is 4.79 Å². The first-order chi connectivity index (χ1) is 13.3. The third-order valence-electron chi connectivity index (χ3n) is 4.75. The van der Waals surface area contributed by atoms with Crippen molar-refractivity contribution < 1.29 is 9.53 Å². The minimum absolute atomic E-state index is 0.0898. The molecule has 4 rings (SSSR count). The third kappa shape index (κ3) is 3.90. The monoisotopic (exact) mass is 442 g/mol. The predicted octanol–water partition coefficient (Wildman–Crippen LogP) is 5.46. The normalized spacial score (nSPS) is 17.3. The van der Waals surface area contributed by atoms with Gasteiger partial charge in [-0.1, -0.05) is 22.0 Å². The Bertz CT molecular complexity index is 1020. The fourth-order valence-electron chi connectivity index (χ4n) is 3.48. The lowest BCUT2D eigenvalue weighted by Gasteiger charge is -2.27. The Morgan fingerprint density at radius 2 is 2.07 bits per heavy atom. The van der Waals surface area contributed by atoms with E-state index in [1.54, 1.807) is 4.90 Å². The van der Waals surface area contributed by atoms with Crippen LogP contribution in [0.1, 0.15) is 45.5 Å². The Morgan fingerprint density at radius 3 is 2.86 bits per heavy atom. The number of ether oxygens (including phenoxy) is 1. The first-order valence-electron chi connectivity index (χ1n) is 9.40. The Morgan fingerprint density at radius 1 is 1.25 bits per heavy atom. The number of aromatic nitrogens is 3. The van der Waals surface area contributed by atoms with Crippen LogP contribution >= 0.6 is 15.9 Å². The number of benzene rings is 1. The number of carbonyl (C=O) groups is 1. The van der Waals surface area contributed by atoms with Gasteiger partial charge in [0.1, 0.15) is 11.4 Å². The predicted molar refractivity (Wildman–Crippen MR) is 112 cm³/mol. The molecule has 6 nitrogen and oxygen atoms in total. The van der Waals surface area contributed by atoms with Crippen molar-refractivity contribution in [1.82, 2.24) is 19.9 Å². The number of rotatable bonds is 2. The summed E-state index contributed by atoms with van der Waals surface area (Å²) in [6.45, 7) is 6.33. The Balaban J connectivity index is 1.58. The fraction of sp³-hybridized carbons (Fsp3) is 0.381. The van der Waals surface area contributed by atoms with E-state index >= 15 is 0 Å². The molecule has 1 amide bonds. The van der Waals surface area contributed by atoms with Gasteiger partial charge in [0.05, 0.1) is 23.4 Å². The molecule has 0 aliphatic carbocycles. The van der Waals surface area contributed by atoms with E-state index in [0.717, 1.165) is 45.3 Å². The van der Waals surface area contributed by atoms with E-state index in [2.05, 4.69) is 36.9 Å². The van der Waals surface area contributed by atoms with Crippen LogP contribution in [-0.4, -0.2) is 38.1 Å². The fourth-order valence-corrected chi connectivity index (χ4v) is 3.83. The quantitative estimate of drug-likeness (QED) is 0.571. The Kier molecular flexibility index (Phi) is 4.87. The molecule has 1 aliphatic heterocycles. The highest BCUT2D eigenvalue weighted by Crippen LogP contribution is 2.33. The van der Waals surface area contributed by atoms with Gasteiger partial charge in [-0.3, -0.25) is 9.88 Å². The SMILES string of the molecule is CC(C)(C)OC(=O)N1CCC[C@H]1c1ncc(-c2cnc3cc(Br)ccc3c2)[nH]1. The van der Waals surface area contributed by atoms with Crippen LogP contribution in [0.2, 0.25) is 0 Å². The summed E-state index contributed by atoms with van der Waals surface area (Å²) >= 11 is 3.47. The van der Waals surface area contributed by atoms with Gasteiger partial charge < -0.3 is 9.72 Å². The number of hydrogen-bond acceptors (Lipinski definition) is 4. The minimum atomic E-state index is -0.510. The van der Waals surface area contributed by atoms with Crippen molar-refractivity contribution in [3.8, 4) is 11.3 Å². The smallest absolute Gasteiger partial charge is 0.410 e. The molecule has 28 heavy (non-hydrogen) atoms. The molecule has 2 aromatic heterocycles. The zero-order chi connectivity index (χ0) is 19.9. The number of pyridine rings is 1. The van der Waals surface area contributed by atoms with Crippen molar-refractivity contribution in [3.05, 3.63) is 47.0 Å². The number of amides is 1. The maximum atomic E-state index is 12.5. The molecule has 0 radical (unpaired) electrons. The molecule has 7 heteroatoms. The van der Waals surface area contributed by atoms with E-state index in [4.69, 9.17) is 4.74 Å². The Labute approximate surface area is 172 Å². The molecule has 3 heterocycles. The third-order valence-corrected chi connectivity index (χ3v) is 5.24. The number of likely N-dealkylation sites (tertiary alicyclic amines) is 1. The van der Waals surface area contributed by atoms with Crippen LogP contribution in [0.5, 0.6) is 0 Å². The van der Waals surface area contributed by atoms with Crippen molar-refractivity contribution in [2.75, 3.05) is 6.54 Å². The second-order valence-electron chi connectivity index (χ2n) is 8.07. The van der Waals surface area contributed by atoms with E-state index in [1.165, 1.54) is 0 Å². The lowest BCUT2D eigenvalue weighted by molar-refractivity contribution is 0.0219. The average molecular weight is 443 g/mol. The first kappa shape index (κ1) is 18.9. The van der Waals surface area contributed by atoms with Crippen molar-refractivity contribution in [1.29, 1.82) is 0 Å². The summed E-state index contributed by atoms with van der Waals surface area (Å²) in [5, 5.41) is 1.06. The largest absolute Gasteiger partial charge is 0.444 e. The van der Waals surface area contributed by atoms with Crippen LogP contribution < -0.4 is 0 Å². The van der Waals surface area contributed by atoms with Gasteiger partial charge in [-0.15, -0.1) is 0 Å². The number of aromatic amines is 1. The number of H-pyrrole nitrogens is 1. The molecule has 1 aliphatic rings. The second-order valence-corrected chi connectivity index (χ2v) is 8.99. The molecule has 1 N–H and O–H groups in total. The molecular weight excluding hydrogens is 420 g/mol. The van der Waals surface area contributed by atoms with Gasteiger partial charge in [-0.05, 0) is 51.8 Å². The van der Waals surface area contributed by atoms with Gasteiger partial charge in [-0.2, -0.15) is 0 Å². The van der Waals surface area contributed by atoms with Crippen molar-refractivity contribution in [2.24, 2.45) is 0 Å². The summed E-state index contributed by atoms with van der Waals surface area (Å²) in [5.74, 6) is 0.786. The maximum absolute atomic E-state index is 12.5. The van der Waals surface area contributed by atoms with Crippen LogP contribution in [0.15, 0.2) is 41.1 Å². The van der Waals surface area contributed by atoms with Crippen molar-refractivity contribution >= 4 is 32.9 Å². The summed E-state index contributed by atoms with van der Waals surface area (Å²) < 4.78 is 6.56. The van der Waals surface area contributed by atoms with Crippen LogP contribution in [0, 0.1) is 0 Å². The van der Waals surface area contributed by atoms with E-state index < -0.39 is 5.60 Å². The van der Waals surface area contributed by atoms with Crippen molar-refractivity contribution in [3.63, 3.8) is 0 Å². The first-order valence-corrected chi connectivity index (χ1v) is 10.2. The molecule has 0 bridgehead atoms. The topological polar surface area (TPSA) is 71.1 Å². The summed E-state index contributed by atoms with van der Waals surface area (Å²) in [6, 6.07) is 8.03. The summed E-state index contributed by atoms with van der Waals surface area (Å²) in [7, 11) is 0. The molecule has 0 saturated carbocycles. The van der Waals surface area contributed by atoms with Crippen LogP contribution in [-0.2, 0) is 4.74 Å². The number of carbonyl (C=O) groups excluding carboxylic acids is 1. The highest BCUT2D eigenvalue weighted by Gasteiger charge is 2.34. The number of halogens is 1. The van der Waals surface area contributed by atoms with Gasteiger partial charge in [0, 0.05) is 28.2 Å². The van der Waals surface area contributed by atoms with Crippen LogP contribution in [0.4, 0.5) is 4.79 Å². The maximum Gasteiger partial charge on any atom is 0.410 e. The lowest BCUT2D eigenvalue weighted by Crippen LogP contribution is -2.36. The molecule has 1 atom stereocenters. The molecule has 1 fully saturated rings. The van der Waals surface area contributed by atoms with Gasteiger partial charge in [-0.25, -0.2) is 9.78 Å². The number of nitrogens with zero attached hydrogens (tertiary/aromatic N) is 3. The summed E-state index contributed by atoms with van der Waals surface area (Å²) in [5.41, 5.74) is 2.29. The average Bonchev–Trinajstić information content (AvgIpc) is 3.29. The highest BCUT2D eigenvalue weighted by atomic mass is 79.9. The molecule has 1 aromatic carbocycles. The highest BCUT2D eigenvalue weighted by molar-refractivity contribution is 9.10. The lowest BCUT2D eigenvalue weighted by atomic mass is 10.1. The van der Waals surface area contributed by atoms with Gasteiger partial charge in [0.2, 0.25) is 0 Å². The number of fused-ring (bicyclic) bond motifs is 1. The Hall–Kier alpha value is -2.41. The molecule has 3 aromatic rings. The summed E-state index contributed by atoms with van der Waals surface area (Å²) in [6.07, 6.45) is 5.17. The molecular formula is C21H23BrN4O2. The minimum Gasteiger partial charge on any atom is -0.444 e. The molecule has 1 saturated heterocycles.